The molecule has 0 saturated heterocycles. The topological polar surface area (TPSA) is 90.8 Å². The molecule has 0 bridgehead atoms. The van der Waals surface area contributed by atoms with Gasteiger partial charge in [0.05, 0.1) is 30.2 Å². The summed E-state index contributed by atoms with van der Waals surface area (Å²) in [4.78, 5) is 4.05. The van der Waals surface area contributed by atoms with Gasteiger partial charge in [-0.25, -0.2) is 0 Å². The van der Waals surface area contributed by atoms with E-state index in [2.05, 4.69) is 27.3 Å². The summed E-state index contributed by atoms with van der Waals surface area (Å²) in [5, 5.41) is 17.3. The van der Waals surface area contributed by atoms with Gasteiger partial charge in [-0.1, -0.05) is 12.1 Å². The van der Waals surface area contributed by atoms with Crippen LogP contribution in [0, 0.1) is 11.3 Å². The molecule has 21 heavy (non-hydrogen) atoms. The number of benzene rings is 1. The second kappa shape index (κ2) is 5.63. The maximum Gasteiger partial charge on any atom is 0.0988 e. The molecule has 0 spiro atoms. The minimum absolute atomic E-state index is 0.485. The number of nitriles is 1. The number of H-pyrrole nitrogens is 1. The number of nitrogens with two attached hydrogens (primary N) is 1. The van der Waals surface area contributed by atoms with Gasteiger partial charge in [0.25, 0.3) is 0 Å². The van der Waals surface area contributed by atoms with Crippen LogP contribution in [0.25, 0.3) is 16.5 Å². The summed E-state index contributed by atoms with van der Waals surface area (Å²) in [7, 11) is 0. The van der Waals surface area contributed by atoms with Gasteiger partial charge in [-0.2, -0.15) is 10.4 Å². The molecule has 1 aliphatic rings. The van der Waals surface area contributed by atoms with Gasteiger partial charge in [0.15, 0.2) is 0 Å². The molecule has 3 rings (SSSR count). The minimum Gasteiger partial charge on any atom is -0.390 e. The largest absolute Gasteiger partial charge is 0.390 e. The molecule has 0 fully saturated rings. The van der Waals surface area contributed by atoms with E-state index in [4.69, 9.17) is 11.0 Å². The van der Waals surface area contributed by atoms with E-state index in [0.717, 1.165) is 40.6 Å². The number of hydrogen-bond donors (Lipinski definition) is 2. The van der Waals surface area contributed by atoms with Crippen molar-refractivity contribution in [3.63, 3.8) is 0 Å². The van der Waals surface area contributed by atoms with Crippen LogP contribution in [-0.4, -0.2) is 16.5 Å². The summed E-state index contributed by atoms with van der Waals surface area (Å²) in [6, 6.07) is 8.35. The van der Waals surface area contributed by atoms with Crippen molar-refractivity contribution in [3.8, 4) is 6.07 Å². The molecule has 5 nitrogen and oxygen atoms in total. The zero-order valence-electron chi connectivity index (χ0n) is 11.5. The number of nitrogens with zero attached hydrogens (tertiary/aromatic N) is 3. The zero-order valence-corrected chi connectivity index (χ0v) is 11.5. The molecular formula is C16H15N5. The van der Waals surface area contributed by atoms with Gasteiger partial charge in [0, 0.05) is 11.0 Å². The molecule has 0 atom stereocenters. The monoisotopic (exact) mass is 277 g/mol. The highest BCUT2D eigenvalue weighted by Crippen LogP contribution is 2.29. The molecule has 0 amide bonds. The van der Waals surface area contributed by atoms with Crippen LogP contribution in [0.1, 0.15) is 24.1 Å². The number of aromatic amines is 1. The van der Waals surface area contributed by atoms with Crippen LogP contribution >= 0.6 is 0 Å². The summed E-state index contributed by atoms with van der Waals surface area (Å²) >= 11 is 0. The highest BCUT2D eigenvalue weighted by molar-refractivity contribution is 5.86. The third kappa shape index (κ3) is 2.56. The Hall–Kier alpha value is -2.87. The molecule has 104 valence electrons. The molecule has 1 aromatic heterocycles. The lowest BCUT2D eigenvalue weighted by Crippen LogP contribution is -1.93. The van der Waals surface area contributed by atoms with E-state index in [1.165, 1.54) is 11.9 Å². The number of allylic oxidation sites excluding steroid dienone is 4. The fraction of sp³-hybridized carbons (Fsp3) is 0.188. The molecule has 1 aromatic carbocycles. The molecule has 0 unspecified atom stereocenters. The maximum atomic E-state index is 9.03. The Morgan fingerprint density at radius 1 is 1.48 bits per heavy atom. The molecule has 5 heteroatoms. The van der Waals surface area contributed by atoms with Crippen molar-refractivity contribution in [2.24, 2.45) is 10.7 Å². The van der Waals surface area contributed by atoms with Crippen LogP contribution in [0.3, 0.4) is 0 Å². The van der Waals surface area contributed by atoms with Crippen LogP contribution < -0.4 is 5.73 Å². The number of nitrogens with one attached hydrogen (secondary N) is 1. The normalized spacial score (nSPS) is 15.0. The van der Waals surface area contributed by atoms with Gasteiger partial charge in [-0.05, 0) is 42.2 Å². The van der Waals surface area contributed by atoms with Crippen LogP contribution in [0.2, 0.25) is 0 Å². The van der Waals surface area contributed by atoms with Crippen molar-refractivity contribution in [2.75, 3.05) is 0 Å². The number of rotatable bonds is 3. The third-order valence-electron chi connectivity index (χ3n) is 3.60. The van der Waals surface area contributed by atoms with Crippen LogP contribution in [0.5, 0.6) is 0 Å². The predicted molar refractivity (Wildman–Crippen MR) is 83.4 cm³/mol. The van der Waals surface area contributed by atoms with Gasteiger partial charge in [-0.3, -0.25) is 10.1 Å². The maximum absolute atomic E-state index is 9.03. The van der Waals surface area contributed by atoms with E-state index in [1.807, 2.05) is 24.3 Å². The highest BCUT2D eigenvalue weighted by atomic mass is 15.1. The zero-order chi connectivity index (χ0) is 14.7. The lowest BCUT2D eigenvalue weighted by atomic mass is 9.93. The molecule has 0 saturated carbocycles. The minimum atomic E-state index is 0.485. The average Bonchev–Trinajstić information content (AvgIpc) is 2.95. The number of aliphatic imine (C=N–C) groups is 1. The molecule has 1 heterocycles. The van der Waals surface area contributed by atoms with Crippen LogP contribution in [0.15, 0.2) is 40.9 Å². The van der Waals surface area contributed by atoms with E-state index in [-0.39, 0.29) is 0 Å². The molecule has 1 aliphatic carbocycles. The SMILES string of the molecule is N#CC1=CCCC(c2ccc3n[nH]c(CN=CN)c3c2)=C1. The predicted octanol–water partition coefficient (Wildman–Crippen LogP) is 2.68. The molecular weight excluding hydrogens is 262 g/mol. The summed E-state index contributed by atoms with van der Waals surface area (Å²) in [6.45, 7) is 0.485. The average molecular weight is 277 g/mol. The summed E-state index contributed by atoms with van der Waals surface area (Å²) in [6.07, 6.45) is 7.08. The van der Waals surface area contributed by atoms with Crippen molar-refractivity contribution >= 4 is 22.8 Å². The first-order valence-electron chi connectivity index (χ1n) is 6.80. The van der Waals surface area contributed by atoms with Crippen molar-refractivity contribution in [1.82, 2.24) is 10.2 Å². The number of hydrogen-bond acceptors (Lipinski definition) is 3. The van der Waals surface area contributed by atoms with Gasteiger partial charge in [0.2, 0.25) is 0 Å². The van der Waals surface area contributed by atoms with Crippen LogP contribution in [-0.2, 0) is 6.54 Å². The van der Waals surface area contributed by atoms with Gasteiger partial charge in [-0.15, -0.1) is 0 Å². The van der Waals surface area contributed by atoms with E-state index < -0.39 is 0 Å². The van der Waals surface area contributed by atoms with Gasteiger partial charge < -0.3 is 5.73 Å². The molecule has 2 aromatic rings. The Balaban J connectivity index is 2.02. The fourth-order valence-electron chi connectivity index (χ4n) is 2.54. The van der Waals surface area contributed by atoms with Gasteiger partial charge in [0.1, 0.15) is 0 Å². The first-order valence-corrected chi connectivity index (χ1v) is 6.80. The second-order valence-corrected chi connectivity index (χ2v) is 4.90. The fourth-order valence-corrected chi connectivity index (χ4v) is 2.54. The highest BCUT2D eigenvalue weighted by Gasteiger charge is 2.11. The molecule has 3 N–H and O–H groups in total. The van der Waals surface area contributed by atoms with Gasteiger partial charge >= 0.3 is 0 Å². The Kier molecular flexibility index (Phi) is 3.52. The summed E-state index contributed by atoms with van der Waals surface area (Å²) in [5.74, 6) is 0. The Morgan fingerprint density at radius 2 is 2.38 bits per heavy atom. The lowest BCUT2D eigenvalue weighted by molar-refractivity contribution is 0.961. The van der Waals surface area contributed by atoms with Crippen LogP contribution in [0.4, 0.5) is 0 Å². The number of fused-ring (bicyclic) bond motifs is 1. The smallest absolute Gasteiger partial charge is 0.0988 e. The summed E-state index contributed by atoms with van der Waals surface area (Å²) in [5.41, 5.74) is 10.2. The second-order valence-electron chi connectivity index (χ2n) is 4.90. The number of aromatic nitrogens is 2. The summed E-state index contributed by atoms with van der Waals surface area (Å²) < 4.78 is 0. The van der Waals surface area contributed by atoms with Crippen molar-refractivity contribution < 1.29 is 0 Å². The Bertz CT molecular complexity index is 802. The standard InChI is InChI=1S/C16H15N5/c17-8-11-2-1-3-12(6-11)13-4-5-15-14(7-13)16(21-20-15)9-19-10-18/h2,4-7,10H,1,3,9H2,(H2,18,19)(H,20,21). The first-order chi connectivity index (χ1) is 10.3. The Morgan fingerprint density at radius 3 is 3.19 bits per heavy atom. The van der Waals surface area contributed by atoms with Crippen molar-refractivity contribution in [1.29, 1.82) is 5.26 Å². The lowest BCUT2D eigenvalue weighted by Gasteiger charge is -2.11. The van der Waals surface area contributed by atoms with E-state index in [9.17, 15) is 0 Å². The quantitative estimate of drug-likeness (QED) is 0.667. The van der Waals surface area contributed by atoms with E-state index in [0.29, 0.717) is 6.54 Å². The first kappa shape index (κ1) is 13.1. The van der Waals surface area contributed by atoms with E-state index in [1.54, 1.807) is 0 Å². The van der Waals surface area contributed by atoms with E-state index >= 15 is 0 Å². The molecule has 0 aliphatic heterocycles. The van der Waals surface area contributed by atoms with Crippen molar-refractivity contribution in [3.05, 3.63) is 47.2 Å². The van der Waals surface area contributed by atoms with Crippen molar-refractivity contribution in [2.45, 2.75) is 19.4 Å². The third-order valence-corrected chi connectivity index (χ3v) is 3.60. The molecule has 0 radical (unpaired) electrons. The Labute approximate surface area is 122 Å².